The van der Waals surface area contributed by atoms with Crippen molar-refractivity contribution >= 4 is 63.1 Å². The Kier molecular flexibility index (Phi) is 17.5. The lowest BCUT2D eigenvalue weighted by molar-refractivity contribution is -0.697. The van der Waals surface area contributed by atoms with Gasteiger partial charge in [0.15, 0.2) is 43.5 Å². The van der Waals surface area contributed by atoms with E-state index in [9.17, 15) is 16.8 Å². The molecule has 0 unspecified atom stereocenters. The molecule has 0 saturated heterocycles. The summed E-state index contributed by atoms with van der Waals surface area (Å²) in [4.78, 5) is 2.85. The molecule has 10 rings (SSSR count). The number of aromatic nitrogens is 6. The second-order valence-electron chi connectivity index (χ2n) is 22.0. The standard InChI is InChI=1S/C66H77N8O4S4/c1-10-50-44-54(81(8,75)76)23-25-59(50)73-35-27-51(43-53(73)11-2)64-48(4)71(60-21-15-13-19-56(60)64)33-17-31-68(12-3)37-29-67-30-41-79-80-42-40-70-39-38-69(47-70)32-18-34-72-49(5)65(57-20-14-16-22-61(57)72)52-28-36-74-62-26-24-55(82(9,77)78)46-58(62)66(6,7)63(74)45-52/h12-16,19-29,35-39,43-47,67H,3,10-11,17-18,30-34,40-42H2,1-2,4-9H3/q+3/b37-29-. The average molecular weight is 1170 g/mol. The van der Waals surface area contributed by atoms with Gasteiger partial charge in [0.1, 0.15) is 12.4 Å². The first kappa shape index (κ1) is 58.4. The van der Waals surface area contributed by atoms with Crippen molar-refractivity contribution in [2.75, 3.05) is 37.1 Å². The Bertz CT molecular complexity index is 4120. The molecule has 82 heavy (non-hydrogen) atoms. The molecule has 0 saturated carbocycles. The molecule has 0 amide bonds. The van der Waals surface area contributed by atoms with Crippen molar-refractivity contribution in [2.24, 2.45) is 0 Å². The summed E-state index contributed by atoms with van der Waals surface area (Å²) >= 11 is 0. The van der Waals surface area contributed by atoms with Crippen LogP contribution in [0.4, 0.5) is 0 Å². The molecule has 5 aromatic heterocycles. The smallest absolute Gasteiger partial charge is 0.243 e. The first-order valence-corrected chi connectivity index (χ1v) is 34.7. The van der Waals surface area contributed by atoms with Crippen molar-refractivity contribution in [3.8, 4) is 33.6 Å². The van der Waals surface area contributed by atoms with Gasteiger partial charge < -0.3 is 19.4 Å². The van der Waals surface area contributed by atoms with Gasteiger partial charge in [-0.3, -0.25) is 0 Å². The normalized spacial score (nSPS) is 13.1. The molecule has 6 heterocycles. The van der Waals surface area contributed by atoms with Crippen LogP contribution in [0.5, 0.6) is 0 Å². The molecule has 16 heteroatoms. The monoisotopic (exact) mass is 1170 g/mol. The molecule has 0 fully saturated rings. The quantitative estimate of drug-likeness (QED) is 0.0342. The highest BCUT2D eigenvalue weighted by molar-refractivity contribution is 8.76. The highest BCUT2D eigenvalue weighted by Crippen LogP contribution is 2.42. The van der Waals surface area contributed by atoms with E-state index in [1.807, 2.05) is 58.3 Å². The molecule has 4 aromatic carbocycles. The predicted octanol–water partition coefficient (Wildman–Crippen LogP) is 11.8. The fourth-order valence-electron chi connectivity index (χ4n) is 12.0. The number of benzene rings is 4. The van der Waals surface area contributed by atoms with Crippen molar-refractivity contribution in [3.63, 3.8) is 0 Å². The third-order valence-corrected chi connectivity index (χ3v) is 20.9. The summed E-state index contributed by atoms with van der Waals surface area (Å²) in [6.45, 7) is 22.5. The molecule has 0 aliphatic carbocycles. The summed E-state index contributed by atoms with van der Waals surface area (Å²) in [6.07, 6.45) is 22.9. The Morgan fingerprint density at radius 1 is 0.683 bits per heavy atom. The number of fused-ring (bicyclic) bond motifs is 5. The Labute approximate surface area is 493 Å². The lowest BCUT2D eigenvalue weighted by atomic mass is 9.82. The van der Waals surface area contributed by atoms with E-state index < -0.39 is 19.7 Å². The van der Waals surface area contributed by atoms with E-state index >= 15 is 0 Å². The van der Waals surface area contributed by atoms with Crippen LogP contribution in [-0.2, 0) is 64.1 Å². The molecule has 1 aliphatic rings. The van der Waals surface area contributed by atoms with Gasteiger partial charge in [-0.05, 0) is 94.3 Å². The molecule has 0 spiro atoms. The third-order valence-electron chi connectivity index (χ3n) is 16.3. The maximum atomic E-state index is 12.5. The van der Waals surface area contributed by atoms with Crippen molar-refractivity contribution in [1.29, 1.82) is 0 Å². The van der Waals surface area contributed by atoms with Crippen LogP contribution >= 0.6 is 21.6 Å². The number of nitrogens with one attached hydrogen (secondary N) is 1. The number of rotatable bonds is 25. The fourth-order valence-corrected chi connectivity index (χ4v) is 15.2. The van der Waals surface area contributed by atoms with Crippen LogP contribution in [0, 0.1) is 13.8 Å². The van der Waals surface area contributed by atoms with Gasteiger partial charge >= 0.3 is 0 Å². The summed E-state index contributed by atoms with van der Waals surface area (Å²) in [6, 6.07) is 37.4. The van der Waals surface area contributed by atoms with Gasteiger partial charge in [0, 0.05) is 167 Å². The van der Waals surface area contributed by atoms with E-state index in [1.54, 1.807) is 12.1 Å². The summed E-state index contributed by atoms with van der Waals surface area (Å²) in [5.74, 6) is 2.02. The molecule has 9 aromatic rings. The molecular formula is C66H77N8O4S4+3. The van der Waals surface area contributed by atoms with Gasteiger partial charge in [-0.1, -0.05) is 78.4 Å². The molecule has 0 bridgehead atoms. The number of para-hydroxylation sites is 2. The number of nitrogens with zero attached hydrogens (tertiary/aromatic N) is 7. The Hall–Kier alpha value is -6.85. The van der Waals surface area contributed by atoms with Crippen molar-refractivity contribution in [3.05, 3.63) is 199 Å². The third kappa shape index (κ3) is 12.0. The topological polar surface area (TPSA) is 110 Å². The highest BCUT2D eigenvalue weighted by atomic mass is 33.1. The first-order chi connectivity index (χ1) is 39.4. The number of hydrogen-bond donors (Lipinski definition) is 1. The number of imidazole rings is 1. The largest absolute Gasteiger partial charge is 0.389 e. The molecule has 1 N–H and O–H groups in total. The van der Waals surface area contributed by atoms with Crippen LogP contribution in [0.2, 0.25) is 0 Å². The molecule has 426 valence electrons. The van der Waals surface area contributed by atoms with Crippen LogP contribution in [-0.4, -0.2) is 72.5 Å². The summed E-state index contributed by atoms with van der Waals surface area (Å²) < 4.78 is 63.6. The highest BCUT2D eigenvalue weighted by Gasteiger charge is 2.44. The van der Waals surface area contributed by atoms with Gasteiger partial charge in [0.05, 0.1) is 28.3 Å². The zero-order chi connectivity index (χ0) is 57.9. The van der Waals surface area contributed by atoms with E-state index in [2.05, 4.69) is 196 Å². The van der Waals surface area contributed by atoms with Gasteiger partial charge in [0.25, 0.3) is 0 Å². The second-order valence-corrected chi connectivity index (χ2v) is 28.7. The summed E-state index contributed by atoms with van der Waals surface area (Å²) in [5.41, 5.74) is 15.8. The Morgan fingerprint density at radius 2 is 1.29 bits per heavy atom. The minimum Gasteiger partial charge on any atom is -0.389 e. The minimum absolute atomic E-state index is 0.352. The van der Waals surface area contributed by atoms with Gasteiger partial charge in [0.2, 0.25) is 17.7 Å². The summed E-state index contributed by atoms with van der Waals surface area (Å²) in [5, 5.41) is 5.96. The van der Waals surface area contributed by atoms with Crippen molar-refractivity contribution in [1.82, 2.24) is 23.9 Å². The lowest BCUT2D eigenvalue weighted by Crippen LogP contribution is -2.36. The SMILES string of the molecule is C=CN(/C=C\NCCSSCCn1cc[n+](CCCn2c(C)c(-c3cc[n+]4c(c3)C(C)(C)c3cc(S(C)(=O)=O)ccc3-4)c3ccccc32)c1)CCCn1c(C)c(-c2cc[n+](-c3ccc(S(C)(=O)=O)cc3CC)c(CC)c2)c2ccccc21. The van der Waals surface area contributed by atoms with E-state index in [0.29, 0.717) is 9.79 Å². The molecule has 0 atom stereocenters. The fraction of sp³-hybridized carbons (Fsp3) is 0.318. The maximum absolute atomic E-state index is 12.5. The van der Waals surface area contributed by atoms with Crippen LogP contribution in [0.15, 0.2) is 175 Å². The lowest BCUT2D eigenvalue weighted by Gasteiger charge is -2.16. The number of sulfone groups is 2. The number of aryl methyl sites for hydroxylation is 6. The second kappa shape index (κ2) is 24.5. The van der Waals surface area contributed by atoms with E-state index in [4.69, 9.17) is 0 Å². The van der Waals surface area contributed by atoms with Crippen LogP contribution < -0.4 is 19.0 Å². The van der Waals surface area contributed by atoms with Gasteiger partial charge in [-0.2, -0.15) is 9.13 Å². The molecule has 1 aliphatic heterocycles. The van der Waals surface area contributed by atoms with Gasteiger partial charge in [-0.25, -0.2) is 26.0 Å². The van der Waals surface area contributed by atoms with Crippen LogP contribution in [0.3, 0.4) is 0 Å². The minimum atomic E-state index is -3.33. The van der Waals surface area contributed by atoms with Crippen molar-refractivity contribution in [2.45, 2.75) is 109 Å². The maximum Gasteiger partial charge on any atom is 0.243 e. The predicted molar refractivity (Wildman–Crippen MR) is 337 cm³/mol. The molecule has 0 radical (unpaired) electrons. The molecule has 12 nitrogen and oxygen atoms in total. The van der Waals surface area contributed by atoms with E-state index in [-0.39, 0.29) is 5.41 Å². The number of hydrogen-bond acceptors (Lipinski definition) is 8. The molecular weight excluding hydrogens is 1100 g/mol. The van der Waals surface area contributed by atoms with E-state index in [0.717, 1.165) is 110 Å². The summed E-state index contributed by atoms with van der Waals surface area (Å²) in [7, 11) is -2.81. The average Bonchev–Trinajstić information content (AvgIpc) is 2.75. The van der Waals surface area contributed by atoms with Gasteiger partial charge in [-0.15, -0.1) is 0 Å². The van der Waals surface area contributed by atoms with Crippen LogP contribution in [0.1, 0.15) is 74.4 Å². The van der Waals surface area contributed by atoms with Crippen molar-refractivity contribution < 1.29 is 30.5 Å². The van der Waals surface area contributed by atoms with Crippen LogP contribution in [0.25, 0.3) is 55.4 Å². The Balaban J connectivity index is 0.667. The number of pyridine rings is 2. The zero-order valence-corrected chi connectivity index (χ0v) is 51.9. The Morgan fingerprint density at radius 3 is 1.94 bits per heavy atom. The zero-order valence-electron chi connectivity index (χ0n) is 48.6. The first-order valence-electron chi connectivity index (χ1n) is 28.4. The van der Waals surface area contributed by atoms with E-state index in [1.165, 1.54) is 68.0 Å².